The molecule has 0 aromatic carbocycles. The molecule has 1 aliphatic carbocycles. The lowest BCUT2D eigenvalue weighted by atomic mass is 9.72. The fraction of sp³-hybridized carbons (Fsp3) is 0.650. The maximum Gasteiger partial charge on any atom is 0.226 e. The van der Waals surface area contributed by atoms with Gasteiger partial charge in [-0.15, -0.1) is 11.3 Å². The number of carbonyl (C=O) groups excluding carboxylic acids is 1. The van der Waals surface area contributed by atoms with E-state index in [0.717, 1.165) is 49.1 Å². The van der Waals surface area contributed by atoms with Gasteiger partial charge in [0.25, 0.3) is 0 Å². The first-order chi connectivity index (χ1) is 12.3. The summed E-state index contributed by atoms with van der Waals surface area (Å²) < 4.78 is 0. The number of rotatable bonds is 5. The minimum atomic E-state index is -0.0661. The van der Waals surface area contributed by atoms with Crippen LogP contribution in [0.2, 0.25) is 0 Å². The van der Waals surface area contributed by atoms with Gasteiger partial charge in [-0.25, -0.2) is 0 Å². The lowest BCUT2D eigenvalue weighted by Crippen LogP contribution is -2.33. The molecule has 1 atom stereocenters. The van der Waals surface area contributed by atoms with E-state index in [1.807, 2.05) is 0 Å². The van der Waals surface area contributed by atoms with Crippen LogP contribution in [0, 0.1) is 22.7 Å². The van der Waals surface area contributed by atoms with E-state index >= 15 is 0 Å². The Morgan fingerprint density at radius 3 is 2.73 bits per heavy atom. The highest BCUT2D eigenvalue weighted by molar-refractivity contribution is 7.80. The number of fused-ring (bicyclic) bond motifs is 1. The van der Waals surface area contributed by atoms with Crippen molar-refractivity contribution in [2.45, 2.75) is 72.6 Å². The molecule has 1 heterocycles. The topological polar surface area (TPSA) is 64.9 Å². The molecular formula is C20H29N3OS2. The van der Waals surface area contributed by atoms with E-state index in [2.05, 4.69) is 44.4 Å². The number of hydrogen-bond acceptors (Lipinski definition) is 4. The predicted octanol–water partition coefficient (Wildman–Crippen LogP) is 5.16. The number of anilines is 1. The second-order valence-electron chi connectivity index (χ2n) is 8.08. The summed E-state index contributed by atoms with van der Waals surface area (Å²) >= 11 is 6.89. The summed E-state index contributed by atoms with van der Waals surface area (Å²) in [6.07, 6.45) is 6.53. The van der Waals surface area contributed by atoms with E-state index in [1.54, 1.807) is 11.3 Å². The molecule has 0 aliphatic heterocycles. The van der Waals surface area contributed by atoms with Crippen molar-refractivity contribution in [3.8, 4) is 6.07 Å². The number of thiophene rings is 1. The third-order valence-corrected chi connectivity index (χ3v) is 6.46. The number of amides is 1. The van der Waals surface area contributed by atoms with E-state index in [9.17, 15) is 10.1 Å². The van der Waals surface area contributed by atoms with Crippen molar-refractivity contribution < 1.29 is 4.79 Å². The van der Waals surface area contributed by atoms with E-state index in [4.69, 9.17) is 12.2 Å². The van der Waals surface area contributed by atoms with Gasteiger partial charge < -0.3 is 10.6 Å². The second-order valence-corrected chi connectivity index (χ2v) is 9.60. The molecule has 142 valence electrons. The monoisotopic (exact) mass is 391 g/mol. The second kappa shape index (κ2) is 8.96. The normalized spacial score (nSPS) is 16.5. The van der Waals surface area contributed by atoms with Gasteiger partial charge in [-0.3, -0.25) is 4.79 Å². The SMILES string of the molecule is CCCCCC(=O)NC(=S)Nc1sc2c(c1C#N)CC[C@@H](C(C)(C)C)C2. The predicted molar refractivity (Wildman–Crippen MR) is 113 cm³/mol. The molecule has 1 aromatic heterocycles. The van der Waals surface area contributed by atoms with Gasteiger partial charge in [0.05, 0.1) is 5.56 Å². The van der Waals surface area contributed by atoms with Gasteiger partial charge in [0.15, 0.2) is 5.11 Å². The van der Waals surface area contributed by atoms with Crippen molar-refractivity contribution in [2.75, 3.05) is 5.32 Å². The Morgan fingerprint density at radius 2 is 2.12 bits per heavy atom. The van der Waals surface area contributed by atoms with Gasteiger partial charge in [0.1, 0.15) is 11.1 Å². The van der Waals surface area contributed by atoms with Gasteiger partial charge in [0.2, 0.25) is 5.91 Å². The fourth-order valence-corrected chi connectivity index (χ4v) is 4.95. The molecule has 6 heteroatoms. The summed E-state index contributed by atoms with van der Waals surface area (Å²) in [5, 5.41) is 16.5. The molecule has 0 bridgehead atoms. The van der Waals surface area contributed by atoms with Crippen LogP contribution in [0.3, 0.4) is 0 Å². The van der Waals surface area contributed by atoms with Gasteiger partial charge in [-0.05, 0) is 54.8 Å². The number of hydrogen-bond donors (Lipinski definition) is 2. The number of carbonyl (C=O) groups is 1. The Morgan fingerprint density at radius 1 is 1.38 bits per heavy atom. The largest absolute Gasteiger partial charge is 0.323 e. The summed E-state index contributed by atoms with van der Waals surface area (Å²) in [6, 6.07) is 2.33. The van der Waals surface area contributed by atoms with Crippen molar-refractivity contribution in [3.63, 3.8) is 0 Å². The molecule has 0 saturated heterocycles. The summed E-state index contributed by atoms with van der Waals surface area (Å²) in [5.41, 5.74) is 2.13. The molecule has 0 saturated carbocycles. The van der Waals surface area contributed by atoms with Crippen molar-refractivity contribution in [3.05, 3.63) is 16.0 Å². The minimum Gasteiger partial charge on any atom is -0.323 e. The average Bonchev–Trinajstić information content (AvgIpc) is 2.89. The number of unbranched alkanes of at least 4 members (excludes halogenated alkanes) is 2. The number of nitrogens with zero attached hydrogens (tertiary/aromatic N) is 1. The summed E-state index contributed by atoms with van der Waals surface area (Å²) in [4.78, 5) is 13.2. The van der Waals surface area contributed by atoms with Crippen LogP contribution in [-0.2, 0) is 17.6 Å². The number of nitrogens with one attached hydrogen (secondary N) is 2. The smallest absolute Gasteiger partial charge is 0.226 e. The molecule has 2 rings (SSSR count). The van der Waals surface area contributed by atoms with E-state index in [0.29, 0.717) is 17.9 Å². The molecule has 1 aliphatic rings. The minimum absolute atomic E-state index is 0.0661. The zero-order valence-electron chi connectivity index (χ0n) is 16.2. The first kappa shape index (κ1) is 20.9. The molecule has 0 spiro atoms. The molecule has 2 N–H and O–H groups in total. The highest BCUT2D eigenvalue weighted by atomic mass is 32.1. The zero-order valence-corrected chi connectivity index (χ0v) is 17.8. The number of nitriles is 1. The maximum absolute atomic E-state index is 11.9. The Hall–Kier alpha value is -1.45. The fourth-order valence-electron chi connectivity index (χ4n) is 3.39. The van der Waals surface area contributed by atoms with Crippen molar-refractivity contribution >= 4 is 39.6 Å². The lowest BCUT2D eigenvalue weighted by Gasteiger charge is -2.33. The van der Waals surface area contributed by atoms with E-state index < -0.39 is 0 Å². The van der Waals surface area contributed by atoms with Crippen LogP contribution in [0.5, 0.6) is 0 Å². The van der Waals surface area contributed by atoms with Gasteiger partial charge in [-0.1, -0.05) is 40.5 Å². The summed E-state index contributed by atoms with van der Waals surface area (Å²) in [5.74, 6) is 0.557. The van der Waals surface area contributed by atoms with Gasteiger partial charge in [-0.2, -0.15) is 5.26 Å². The third kappa shape index (κ3) is 5.28. The van der Waals surface area contributed by atoms with E-state index in [1.165, 1.54) is 4.88 Å². The molecule has 1 aromatic rings. The molecular weight excluding hydrogens is 362 g/mol. The quantitative estimate of drug-likeness (QED) is 0.537. The number of thiocarbonyl (C=S) groups is 1. The van der Waals surface area contributed by atoms with Crippen LogP contribution in [0.15, 0.2) is 0 Å². The molecule has 26 heavy (non-hydrogen) atoms. The lowest BCUT2D eigenvalue weighted by molar-refractivity contribution is -0.119. The standard InChI is InChI=1S/C20H29N3OS2/c1-5-6-7-8-17(24)22-19(25)23-18-15(12-21)14-10-9-13(20(2,3)4)11-16(14)26-18/h13H,5-11H2,1-4H3,(H2,22,23,24,25)/t13-/m1/s1. The van der Waals surface area contributed by atoms with E-state index in [-0.39, 0.29) is 16.4 Å². The first-order valence-corrected chi connectivity index (χ1v) is 10.6. The van der Waals surface area contributed by atoms with Crippen LogP contribution in [0.4, 0.5) is 5.00 Å². The zero-order chi connectivity index (χ0) is 19.3. The Kier molecular flexibility index (Phi) is 7.19. The maximum atomic E-state index is 11.9. The van der Waals surface area contributed by atoms with Crippen molar-refractivity contribution in [1.29, 1.82) is 5.26 Å². The molecule has 0 unspecified atom stereocenters. The van der Waals surface area contributed by atoms with Crippen LogP contribution in [0.25, 0.3) is 0 Å². The molecule has 4 nitrogen and oxygen atoms in total. The van der Waals surface area contributed by atoms with Crippen molar-refractivity contribution in [1.82, 2.24) is 5.32 Å². The van der Waals surface area contributed by atoms with Gasteiger partial charge in [0, 0.05) is 11.3 Å². The third-order valence-electron chi connectivity index (χ3n) is 5.09. The van der Waals surface area contributed by atoms with Crippen LogP contribution >= 0.6 is 23.6 Å². The highest BCUT2D eigenvalue weighted by Crippen LogP contribution is 2.43. The molecule has 0 fully saturated rings. The van der Waals surface area contributed by atoms with Crippen LogP contribution < -0.4 is 10.6 Å². The Bertz CT molecular complexity index is 710. The summed E-state index contributed by atoms with van der Waals surface area (Å²) in [6.45, 7) is 8.95. The summed E-state index contributed by atoms with van der Waals surface area (Å²) in [7, 11) is 0. The Labute approximate surface area is 166 Å². The van der Waals surface area contributed by atoms with Crippen LogP contribution in [-0.4, -0.2) is 11.0 Å². The van der Waals surface area contributed by atoms with Crippen LogP contribution in [0.1, 0.15) is 75.8 Å². The Balaban J connectivity index is 2.05. The molecule has 0 radical (unpaired) electrons. The average molecular weight is 392 g/mol. The van der Waals surface area contributed by atoms with Gasteiger partial charge >= 0.3 is 0 Å². The van der Waals surface area contributed by atoms with Crippen molar-refractivity contribution in [2.24, 2.45) is 11.3 Å². The highest BCUT2D eigenvalue weighted by Gasteiger charge is 2.32. The molecule has 1 amide bonds. The first-order valence-electron chi connectivity index (χ1n) is 9.41.